The van der Waals surface area contributed by atoms with E-state index in [0.717, 1.165) is 0 Å². The third-order valence-corrected chi connectivity index (χ3v) is 11.9. The van der Waals surface area contributed by atoms with Crippen molar-refractivity contribution in [2.24, 2.45) is 7.05 Å². The molecule has 0 unspecified atom stereocenters. The van der Waals surface area contributed by atoms with Gasteiger partial charge in [-0.15, -0.1) is 17.5 Å². The molecule has 32 heavy (non-hydrogen) atoms. The standard InChI is InChI=1S/C16H12N.C9H13.C3H6.2ClH.Zr/c1-17-15-9-5-4-8-13(15)14-10-11-6-2-3-7-12(11)16(14)17;1-9(2,3)8-6-4-5-7-8;1-3-2;;;/h2-10H,1H3;4-7H,1-3H3;1-2H3;2*1H;/q2*-1;;;;+2/p-2. The van der Waals surface area contributed by atoms with Crippen molar-refractivity contribution < 1.29 is 18.9 Å². The van der Waals surface area contributed by atoms with Crippen molar-refractivity contribution in [3.63, 3.8) is 0 Å². The molecule has 5 rings (SSSR count). The van der Waals surface area contributed by atoms with Gasteiger partial charge in [0.25, 0.3) is 0 Å². The Hall–Kier alpha value is -1.47. The van der Waals surface area contributed by atoms with Crippen LogP contribution in [0.25, 0.3) is 32.6 Å². The SMILES string of the molecule is CC(C)(C)c1cc[cH-]c1.C[C](C)=[Zr]([Cl])[Cl].Cn1c2ccccc2c2[cH-]c3ccccc3c21. The number of aromatic nitrogens is 1. The van der Waals surface area contributed by atoms with Crippen molar-refractivity contribution in [2.45, 2.75) is 40.0 Å². The van der Waals surface area contributed by atoms with Crippen molar-refractivity contribution in [3.8, 4) is 0 Å². The van der Waals surface area contributed by atoms with Crippen LogP contribution in [0.1, 0.15) is 40.2 Å². The summed E-state index contributed by atoms with van der Waals surface area (Å²) >= 11 is -1.84. The van der Waals surface area contributed by atoms with Crippen LogP contribution < -0.4 is 0 Å². The van der Waals surface area contributed by atoms with E-state index >= 15 is 0 Å². The number of halogens is 2. The second-order valence-electron chi connectivity index (χ2n) is 9.25. The first kappa shape index (κ1) is 25.2. The number of fused-ring (bicyclic) bond motifs is 5. The topological polar surface area (TPSA) is 4.93 Å². The van der Waals surface area contributed by atoms with Gasteiger partial charge in [-0.3, -0.25) is 0 Å². The molecule has 0 spiro atoms. The molecule has 0 aliphatic rings. The zero-order valence-corrected chi connectivity index (χ0v) is 23.7. The van der Waals surface area contributed by atoms with Crippen LogP contribution >= 0.6 is 17.0 Å². The molecule has 1 heterocycles. The van der Waals surface area contributed by atoms with Gasteiger partial charge < -0.3 is 4.57 Å². The van der Waals surface area contributed by atoms with Crippen LogP contribution in [0.3, 0.4) is 0 Å². The summed E-state index contributed by atoms with van der Waals surface area (Å²) in [6.07, 6.45) is 0. The van der Waals surface area contributed by atoms with Gasteiger partial charge >= 0.3 is 53.0 Å². The first-order valence-corrected chi connectivity index (χ1v) is 18.4. The summed E-state index contributed by atoms with van der Waals surface area (Å²) in [7, 11) is 13.2. The van der Waals surface area contributed by atoms with E-state index in [4.69, 9.17) is 17.0 Å². The van der Waals surface area contributed by atoms with Crippen LogP contribution in [0.2, 0.25) is 0 Å². The summed E-state index contributed by atoms with van der Waals surface area (Å²) in [6.45, 7) is 10.6. The summed E-state index contributed by atoms with van der Waals surface area (Å²) in [5.74, 6) is 0. The molecule has 0 fully saturated rings. The predicted molar refractivity (Wildman–Crippen MR) is 142 cm³/mol. The molecule has 5 aromatic rings. The summed E-state index contributed by atoms with van der Waals surface area (Å²) in [4.78, 5) is 0. The Balaban J connectivity index is 0.000000163. The van der Waals surface area contributed by atoms with E-state index in [1.54, 1.807) is 0 Å². The van der Waals surface area contributed by atoms with E-state index in [-0.39, 0.29) is 0 Å². The van der Waals surface area contributed by atoms with Gasteiger partial charge in [-0.05, 0) is 11.6 Å². The van der Waals surface area contributed by atoms with Crippen molar-refractivity contribution in [3.05, 3.63) is 84.4 Å². The summed E-state index contributed by atoms with van der Waals surface area (Å²) in [5, 5.41) is 5.39. The third-order valence-electron chi connectivity index (χ3n) is 5.57. The third kappa shape index (κ3) is 5.71. The monoisotopic (exact) mass is 541 g/mol. The molecule has 0 amide bonds. The Morgan fingerprint density at radius 2 is 1.50 bits per heavy atom. The van der Waals surface area contributed by atoms with Crippen LogP contribution in [-0.4, -0.2) is 7.77 Å². The fourth-order valence-electron chi connectivity index (χ4n) is 3.76. The van der Waals surface area contributed by atoms with Gasteiger partial charge in [0.05, 0.1) is 0 Å². The van der Waals surface area contributed by atoms with Gasteiger partial charge in [0, 0.05) is 12.6 Å². The molecule has 0 aliphatic heterocycles. The number of hydrogen-bond acceptors (Lipinski definition) is 0. The maximum atomic E-state index is 5.54. The first-order chi connectivity index (χ1) is 15.1. The maximum absolute atomic E-state index is 5.54. The van der Waals surface area contributed by atoms with Gasteiger partial charge in [-0.2, -0.15) is 23.8 Å². The Morgan fingerprint density at radius 3 is 2.03 bits per heavy atom. The number of rotatable bonds is 0. The first-order valence-electron chi connectivity index (χ1n) is 10.8. The zero-order chi connectivity index (χ0) is 23.5. The van der Waals surface area contributed by atoms with Crippen molar-refractivity contribution in [1.82, 2.24) is 4.57 Å². The average Bonchev–Trinajstić information content (AvgIpc) is 3.46. The number of hydrogen-bond donors (Lipinski definition) is 0. The summed E-state index contributed by atoms with van der Waals surface area (Å²) < 4.78 is 3.54. The van der Waals surface area contributed by atoms with Crippen LogP contribution in [-0.2, 0) is 31.3 Å². The molecule has 0 radical (unpaired) electrons. The molecule has 4 heteroatoms. The van der Waals surface area contributed by atoms with Crippen LogP contribution in [0.15, 0.2) is 78.9 Å². The Labute approximate surface area is 206 Å². The molecular weight excluding hydrogens is 512 g/mol. The van der Waals surface area contributed by atoms with Crippen molar-refractivity contribution in [2.75, 3.05) is 0 Å². The minimum Gasteiger partial charge on any atom is -0.388 e. The number of nitrogens with zero attached hydrogens (tertiary/aromatic N) is 1. The van der Waals surface area contributed by atoms with Crippen LogP contribution in [0.4, 0.5) is 0 Å². The molecule has 0 saturated carbocycles. The van der Waals surface area contributed by atoms with Gasteiger partial charge in [-0.25, -0.2) is 6.07 Å². The molecule has 0 saturated heterocycles. The molecule has 1 aromatic heterocycles. The van der Waals surface area contributed by atoms with E-state index in [1.807, 2.05) is 13.8 Å². The fourth-order valence-corrected chi connectivity index (χ4v) is 3.76. The molecular formula is C28H31Cl2NZr-2. The largest absolute Gasteiger partial charge is 0.388 e. The number of benzene rings is 2. The maximum Gasteiger partial charge on any atom is 0.00712 e. The molecule has 0 atom stereocenters. The number of para-hydroxylation sites is 1. The Kier molecular flexibility index (Phi) is 8.37. The van der Waals surface area contributed by atoms with Gasteiger partial charge in [0.2, 0.25) is 0 Å². The fraction of sp³-hybridized carbons (Fsp3) is 0.250. The summed E-state index contributed by atoms with van der Waals surface area (Å²) in [6, 6.07) is 28.0. The van der Waals surface area contributed by atoms with Crippen molar-refractivity contribution in [1.29, 1.82) is 0 Å². The van der Waals surface area contributed by atoms with E-state index < -0.39 is 18.9 Å². The van der Waals surface area contributed by atoms with Crippen LogP contribution in [0, 0.1) is 0 Å². The molecule has 0 aliphatic carbocycles. The number of aryl methyl sites for hydroxylation is 1. The minimum atomic E-state index is -1.84. The van der Waals surface area contributed by atoms with Gasteiger partial charge in [0.1, 0.15) is 0 Å². The van der Waals surface area contributed by atoms with Crippen molar-refractivity contribution >= 4 is 52.8 Å². The predicted octanol–water partition coefficient (Wildman–Crippen LogP) is 9.03. The van der Waals surface area contributed by atoms with Gasteiger partial charge in [0.15, 0.2) is 0 Å². The normalized spacial score (nSPS) is 11.1. The zero-order valence-electron chi connectivity index (χ0n) is 19.7. The van der Waals surface area contributed by atoms with E-state index in [1.165, 1.54) is 41.3 Å². The molecule has 0 bridgehead atoms. The second kappa shape index (κ2) is 10.6. The van der Waals surface area contributed by atoms with Gasteiger partial charge in [-0.1, -0.05) is 78.7 Å². The molecule has 168 valence electrons. The Bertz CT molecular complexity index is 1320. The van der Waals surface area contributed by atoms with E-state index in [2.05, 4.69) is 111 Å². The Morgan fingerprint density at radius 1 is 0.906 bits per heavy atom. The molecule has 4 aromatic carbocycles. The molecule has 0 N–H and O–H groups in total. The second-order valence-corrected chi connectivity index (χ2v) is 18.6. The summed E-state index contributed by atoms with van der Waals surface area (Å²) in [5.41, 5.74) is 4.40. The van der Waals surface area contributed by atoms with E-state index in [9.17, 15) is 0 Å². The quantitative estimate of drug-likeness (QED) is 0.172. The minimum absolute atomic E-state index is 0.323. The van der Waals surface area contributed by atoms with Crippen LogP contribution in [0.5, 0.6) is 0 Å². The smallest absolute Gasteiger partial charge is 0.00712 e. The van der Waals surface area contributed by atoms with E-state index in [0.29, 0.717) is 5.41 Å². The molecule has 1 nitrogen and oxygen atoms in total. The average molecular weight is 544 g/mol.